The van der Waals surface area contributed by atoms with E-state index >= 15 is 0 Å². The van der Waals surface area contributed by atoms with Gasteiger partial charge >= 0.3 is 5.97 Å². The molecule has 110 valence electrons. The van der Waals surface area contributed by atoms with Crippen LogP contribution in [0.3, 0.4) is 0 Å². The number of ether oxygens (including phenoxy) is 1. The van der Waals surface area contributed by atoms with Gasteiger partial charge in [-0.25, -0.2) is 4.79 Å². The van der Waals surface area contributed by atoms with E-state index in [0.717, 1.165) is 12.8 Å². The van der Waals surface area contributed by atoms with E-state index in [1.165, 1.54) is 0 Å². The van der Waals surface area contributed by atoms with E-state index in [9.17, 15) is 9.59 Å². The molecule has 0 saturated carbocycles. The summed E-state index contributed by atoms with van der Waals surface area (Å²) in [5.74, 6) is -1.21. The van der Waals surface area contributed by atoms with Crippen LogP contribution in [0.4, 0.5) is 0 Å². The Balaban J connectivity index is 2.39. The van der Waals surface area contributed by atoms with Gasteiger partial charge in [-0.15, -0.1) is 0 Å². The Bertz CT molecular complexity index is 335. The molecule has 5 heteroatoms. The number of hydrogen-bond acceptors (Lipinski definition) is 3. The number of carboxylic acid groups (broad SMARTS) is 1. The van der Waals surface area contributed by atoms with Crippen LogP contribution >= 0.6 is 0 Å². The first-order chi connectivity index (χ1) is 8.70. The second-order valence-electron chi connectivity index (χ2n) is 6.39. The number of nitrogens with one attached hydrogen (secondary N) is 1. The van der Waals surface area contributed by atoms with E-state index in [-0.39, 0.29) is 18.1 Å². The maximum atomic E-state index is 11.8. The van der Waals surface area contributed by atoms with E-state index in [0.29, 0.717) is 12.8 Å². The number of rotatable bonds is 5. The molecule has 1 saturated heterocycles. The molecular weight excluding hydrogens is 246 g/mol. The summed E-state index contributed by atoms with van der Waals surface area (Å²) in [5.41, 5.74) is -0.500. The highest BCUT2D eigenvalue weighted by molar-refractivity contribution is 5.84. The molecule has 1 amide bonds. The van der Waals surface area contributed by atoms with Gasteiger partial charge in [-0.3, -0.25) is 4.79 Å². The van der Waals surface area contributed by atoms with Crippen LogP contribution in [-0.4, -0.2) is 35.2 Å². The molecule has 0 aromatic carbocycles. The molecule has 1 aliphatic heterocycles. The van der Waals surface area contributed by atoms with Crippen molar-refractivity contribution in [3.8, 4) is 0 Å². The summed E-state index contributed by atoms with van der Waals surface area (Å²) in [6.45, 7) is 7.43. The number of carboxylic acids is 1. The highest BCUT2D eigenvalue weighted by Gasteiger charge is 2.32. The van der Waals surface area contributed by atoms with Crippen LogP contribution < -0.4 is 5.32 Å². The van der Waals surface area contributed by atoms with Gasteiger partial charge in [0.2, 0.25) is 5.91 Å². The molecule has 1 fully saturated rings. The molecule has 0 unspecified atom stereocenters. The van der Waals surface area contributed by atoms with Crippen molar-refractivity contribution in [2.75, 3.05) is 0 Å². The van der Waals surface area contributed by atoms with Crippen molar-refractivity contribution in [2.45, 2.75) is 71.6 Å². The molecule has 19 heavy (non-hydrogen) atoms. The lowest BCUT2D eigenvalue weighted by Crippen LogP contribution is -2.49. The molecule has 3 atom stereocenters. The number of carbonyl (C=O) groups excluding carboxylic acids is 1. The summed E-state index contributed by atoms with van der Waals surface area (Å²) in [7, 11) is 0. The Morgan fingerprint density at radius 1 is 1.37 bits per heavy atom. The van der Waals surface area contributed by atoms with Gasteiger partial charge < -0.3 is 15.2 Å². The molecule has 0 bridgehead atoms. The molecule has 2 N–H and O–H groups in total. The minimum atomic E-state index is -0.994. The lowest BCUT2D eigenvalue weighted by atomic mass is 9.86. The molecule has 0 aromatic rings. The third kappa shape index (κ3) is 5.19. The summed E-state index contributed by atoms with van der Waals surface area (Å²) in [6, 6.07) is -0.858. The predicted octanol–water partition coefficient (Wildman–Crippen LogP) is 1.95. The molecule has 0 aromatic heterocycles. The molecule has 1 aliphatic rings. The first-order valence-corrected chi connectivity index (χ1v) is 6.87. The van der Waals surface area contributed by atoms with Crippen molar-refractivity contribution >= 4 is 11.9 Å². The van der Waals surface area contributed by atoms with Crippen LogP contribution in [0.5, 0.6) is 0 Å². The van der Waals surface area contributed by atoms with Crippen LogP contribution in [0.1, 0.15) is 53.4 Å². The van der Waals surface area contributed by atoms with Gasteiger partial charge in [0, 0.05) is 6.42 Å². The maximum Gasteiger partial charge on any atom is 0.326 e. The van der Waals surface area contributed by atoms with E-state index < -0.39 is 17.4 Å². The first kappa shape index (κ1) is 16.0. The molecule has 1 heterocycles. The standard InChI is InChI=1S/C14H25NO4/c1-9-5-6-10(19-9)7-8-11(16)15-12(13(17)18)14(2,3)4/h9-10,12H,5-8H2,1-4H3,(H,15,16)(H,17,18)/t9-,10-,12-/m1/s1. The molecule has 5 nitrogen and oxygen atoms in total. The third-order valence-corrected chi connectivity index (χ3v) is 3.43. The van der Waals surface area contributed by atoms with Crippen LogP contribution in [0.25, 0.3) is 0 Å². The highest BCUT2D eigenvalue weighted by atomic mass is 16.5. The quantitative estimate of drug-likeness (QED) is 0.801. The fraction of sp³-hybridized carbons (Fsp3) is 0.857. The number of hydrogen-bond donors (Lipinski definition) is 2. The topological polar surface area (TPSA) is 75.6 Å². The largest absolute Gasteiger partial charge is 0.480 e. The van der Waals surface area contributed by atoms with Gasteiger partial charge in [-0.2, -0.15) is 0 Å². The van der Waals surface area contributed by atoms with Gasteiger partial charge in [0.15, 0.2) is 0 Å². The van der Waals surface area contributed by atoms with E-state index in [1.807, 2.05) is 6.92 Å². The lowest BCUT2D eigenvalue weighted by Gasteiger charge is -2.27. The Kier molecular flexibility index (Phi) is 5.35. The van der Waals surface area contributed by atoms with E-state index in [4.69, 9.17) is 9.84 Å². The lowest BCUT2D eigenvalue weighted by molar-refractivity contribution is -0.145. The Labute approximate surface area is 114 Å². The third-order valence-electron chi connectivity index (χ3n) is 3.43. The monoisotopic (exact) mass is 271 g/mol. The molecule has 0 aliphatic carbocycles. The first-order valence-electron chi connectivity index (χ1n) is 6.87. The van der Waals surface area contributed by atoms with E-state index in [2.05, 4.69) is 5.32 Å². The zero-order valence-corrected chi connectivity index (χ0v) is 12.2. The number of amides is 1. The second-order valence-corrected chi connectivity index (χ2v) is 6.39. The smallest absolute Gasteiger partial charge is 0.326 e. The minimum Gasteiger partial charge on any atom is -0.480 e. The van der Waals surface area contributed by atoms with Gasteiger partial charge in [-0.05, 0) is 31.6 Å². The average Bonchev–Trinajstić information content (AvgIpc) is 2.67. The second kappa shape index (κ2) is 6.37. The van der Waals surface area contributed by atoms with Gasteiger partial charge in [0.25, 0.3) is 0 Å². The van der Waals surface area contributed by atoms with Gasteiger partial charge in [-0.1, -0.05) is 20.8 Å². The average molecular weight is 271 g/mol. The summed E-state index contributed by atoms with van der Waals surface area (Å²) in [4.78, 5) is 23.0. The number of carbonyl (C=O) groups is 2. The summed E-state index contributed by atoms with van der Waals surface area (Å²) < 4.78 is 5.64. The fourth-order valence-corrected chi connectivity index (χ4v) is 2.27. The van der Waals surface area contributed by atoms with Crippen molar-refractivity contribution in [2.24, 2.45) is 5.41 Å². The molecular formula is C14H25NO4. The summed E-state index contributed by atoms with van der Waals surface area (Å²) in [5, 5.41) is 11.7. The highest BCUT2D eigenvalue weighted by Crippen LogP contribution is 2.23. The van der Waals surface area contributed by atoms with Crippen LogP contribution in [-0.2, 0) is 14.3 Å². The normalized spacial score (nSPS) is 25.1. The summed E-state index contributed by atoms with van der Waals surface area (Å²) in [6.07, 6.45) is 3.40. The maximum absolute atomic E-state index is 11.8. The molecule has 0 radical (unpaired) electrons. The van der Waals surface area contributed by atoms with Crippen molar-refractivity contribution in [1.82, 2.24) is 5.32 Å². The molecule has 0 spiro atoms. The summed E-state index contributed by atoms with van der Waals surface area (Å²) >= 11 is 0. The van der Waals surface area contributed by atoms with Crippen LogP contribution in [0, 0.1) is 5.41 Å². The molecule has 1 rings (SSSR count). The van der Waals surface area contributed by atoms with Crippen molar-refractivity contribution in [1.29, 1.82) is 0 Å². The number of aliphatic carboxylic acids is 1. The predicted molar refractivity (Wildman–Crippen MR) is 71.8 cm³/mol. The SMILES string of the molecule is C[C@@H]1CC[C@H](CCC(=O)N[C@H](C(=O)O)C(C)(C)C)O1. The minimum absolute atomic E-state index is 0.138. The van der Waals surface area contributed by atoms with Crippen molar-refractivity contribution < 1.29 is 19.4 Å². The van der Waals surface area contributed by atoms with Crippen LogP contribution in [0.2, 0.25) is 0 Å². The van der Waals surface area contributed by atoms with Gasteiger partial charge in [0.05, 0.1) is 12.2 Å². The fourth-order valence-electron chi connectivity index (χ4n) is 2.27. The van der Waals surface area contributed by atoms with Crippen molar-refractivity contribution in [3.63, 3.8) is 0 Å². The zero-order chi connectivity index (χ0) is 14.6. The zero-order valence-electron chi connectivity index (χ0n) is 12.2. The van der Waals surface area contributed by atoms with E-state index in [1.54, 1.807) is 20.8 Å². The Morgan fingerprint density at radius 3 is 2.42 bits per heavy atom. The van der Waals surface area contributed by atoms with Crippen molar-refractivity contribution in [3.05, 3.63) is 0 Å². The Hall–Kier alpha value is -1.10. The Morgan fingerprint density at radius 2 is 2.00 bits per heavy atom. The van der Waals surface area contributed by atoms with Crippen LogP contribution in [0.15, 0.2) is 0 Å². The van der Waals surface area contributed by atoms with Gasteiger partial charge in [0.1, 0.15) is 6.04 Å².